The first-order valence-electron chi connectivity index (χ1n) is 12.8. The standard InChI is InChI=1S/C31H28N6O3S/c1-21-9-11-24(12-10-21)31-25(20-37(35-31)27-7-5-4-6-8-27)13-18-30(38)34-26-14-16-28(17-15-26)41(39,40)36-29-19-22(2)32-23(3)33-29/h4-20H,1-3H3,(H,34,38)(H,32,33,36)/b18-13+. The zero-order chi connectivity index (χ0) is 29.0. The zero-order valence-corrected chi connectivity index (χ0v) is 23.6. The summed E-state index contributed by atoms with van der Waals surface area (Å²) in [6, 6.07) is 25.2. The summed E-state index contributed by atoms with van der Waals surface area (Å²) in [5, 5.41) is 7.55. The Labute approximate surface area is 238 Å². The van der Waals surface area contributed by atoms with Crippen LogP contribution in [0.1, 0.15) is 22.6 Å². The molecule has 0 atom stereocenters. The lowest BCUT2D eigenvalue weighted by atomic mass is 10.1. The van der Waals surface area contributed by atoms with E-state index in [-0.39, 0.29) is 16.6 Å². The Balaban J connectivity index is 1.32. The van der Waals surface area contributed by atoms with Gasteiger partial charge >= 0.3 is 0 Å². The number of nitrogens with zero attached hydrogens (tertiary/aromatic N) is 4. The molecule has 3 aromatic carbocycles. The number of aromatic nitrogens is 4. The predicted octanol–water partition coefficient (Wildman–Crippen LogP) is 5.71. The van der Waals surface area contributed by atoms with Gasteiger partial charge in [-0.05, 0) is 63.2 Å². The molecule has 2 N–H and O–H groups in total. The molecule has 0 radical (unpaired) electrons. The Morgan fingerprint density at radius 2 is 1.59 bits per heavy atom. The number of aryl methyl sites for hydroxylation is 3. The minimum absolute atomic E-state index is 0.0380. The lowest BCUT2D eigenvalue weighted by molar-refractivity contribution is -0.111. The first-order chi connectivity index (χ1) is 19.7. The molecular formula is C31H28N6O3S. The Hall–Kier alpha value is -5.09. The highest BCUT2D eigenvalue weighted by atomic mass is 32.2. The minimum Gasteiger partial charge on any atom is -0.323 e. The molecule has 0 spiro atoms. The highest BCUT2D eigenvalue weighted by molar-refractivity contribution is 7.92. The second-order valence-corrected chi connectivity index (χ2v) is 11.2. The van der Waals surface area contributed by atoms with Crippen molar-refractivity contribution in [3.05, 3.63) is 120 Å². The van der Waals surface area contributed by atoms with Crippen LogP contribution in [0.2, 0.25) is 0 Å². The molecule has 206 valence electrons. The molecule has 0 fully saturated rings. The van der Waals surface area contributed by atoms with Crippen LogP contribution in [0.4, 0.5) is 11.5 Å². The molecule has 9 nitrogen and oxygen atoms in total. The Kier molecular flexibility index (Phi) is 7.75. The number of nitrogens with one attached hydrogen (secondary N) is 2. The van der Waals surface area contributed by atoms with Gasteiger partial charge in [0.05, 0.1) is 16.3 Å². The fourth-order valence-electron chi connectivity index (χ4n) is 4.19. The van der Waals surface area contributed by atoms with Crippen molar-refractivity contribution in [2.24, 2.45) is 0 Å². The third-order valence-electron chi connectivity index (χ3n) is 6.14. The Morgan fingerprint density at radius 3 is 2.27 bits per heavy atom. The molecule has 0 aliphatic carbocycles. The fourth-order valence-corrected chi connectivity index (χ4v) is 5.18. The zero-order valence-electron chi connectivity index (χ0n) is 22.7. The van der Waals surface area contributed by atoms with Crippen molar-refractivity contribution in [3.63, 3.8) is 0 Å². The second-order valence-electron chi connectivity index (χ2n) is 9.47. The number of para-hydroxylation sites is 1. The summed E-state index contributed by atoms with van der Waals surface area (Å²) >= 11 is 0. The second kappa shape index (κ2) is 11.6. The molecule has 0 aliphatic heterocycles. The number of sulfonamides is 1. The fraction of sp³-hybridized carbons (Fsp3) is 0.0968. The summed E-state index contributed by atoms with van der Waals surface area (Å²) in [6.45, 7) is 5.47. The van der Waals surface area contributed by atoms with Crippen LogP contribution in [0.5, 0.6) is 0 Å². The molecular weight excluding hydrogens is 536 g/mol. The number of hydrogen-bond acceptors (Lipinski definition) is 6. The number of rotatable bonds is 8. The van der Waals surface area contributed by atoms with Crippen molar-refractivity contribution in [2.45, 2.75) is 25.7 Å². The highest BCUT2D eigenvalue weighted by Crippen LogP contribution is 2.25. The molecule has 5 rings (SSSR count). The number of benzene rings is 3. The van der Waals surface area contributed by atoms with E-state index in [0.29, 0.717) is 17.2 Å². The van der Waals surface area contributed by atoms with Gasteiger partial charge in [0.2, 0.25) is 5.91 Å². The molecule has 10 heteroatoms. The van der Waals surface area contributed by atoms with E-state index in [1.54, 1.807) is 30.7 Å². The lowest BCUT2D eigenvalue weighted by Crippen LogP contribution is -2.15. The maximum absolute atomic E-state index is 12.8. The summed E-state index contributed by atoms with van der Waals surface area (Å²) in [5.74, 6) is 0.290. The minimum atomic E-state index is -3.87. The van der Waals surface area contributed by atoms with Crippen LogP contribution in [-0.4, -0.2) is 34.1 Å². The third kappa shape index (κ3) is 6.74. The summed E-state index contributed by atoms with van der Waals surface area (Å²) in [6.07, 6.45) is 5.02. The largest absolute Gasteiger partial charge is 0.323 e. The van der Waals surface area contributed by atoms with E-state index in [0.717, 1.165) is 28.1 Å². The predicted molar refractivity (Wildman–Crippen MR) is 160 cm³/mol. The van der Waals surface area contributed by atoms with Gasteiger partial charge in [-0.2, -0.15) is 5.10 Å². The van der Waals surface area contributed by atoms with Crippen LogP contribution in [-0.2, 0) is 14.8 Å². The van der Waals surface area contributed by atoms with Crippen molar-refractivity contribution >= 4 is 33.5 Å². The molecule has 0 saturated carbocycles. The number of carbonyl (C=O) groups excluding carboxylic acids is 1. The number of carbonyl (C=O) groups is 1. The number of amides is 1. The Bertz CT molecular complexity index is 1810. The van der Waals surface area contributed by atoms with E-state index in [1.807, 2.05) is 67.7 Å². The number of anilines is 2. The van der Waals surface area contributed by atoms with E-state index in [1.165, 1.54) is 30.3 Å². The lowest BCUT2D eigenvalue weighted by Gasteiger charge is -2.09. The van der Waals surface area contributed by atoms with Crippen LogP contribution in [0, 0.1) is 20.8 Å². The normalized spacial score (nSPS) is 11.5. The Morgan fingerprint density at radius 1 is 0.878 bits per heavy atom. The average Bonchev–Trinajstić information content (AvgIpc) is 3.37. The summed E-state index contributed by atoms with van der Waals surface area (Å²) in [4.78, 5) is 21.1. The quantitative estimate of drug-likeness (QED) is 0.233. The van der Waals surface area contributed by atoms with Gasteiger partial charge in [-0.1, -0.05) is 48.0 Å². The summed E-state index contributed by atoms with van der Waals surface area (Å²) in [7, 11) is -3.87. The molecule has 1 amide bonds. The first kappa shape index (κ1) is 27.5. The molecule has 0 unspecified atom stereocenters. The molecule has 41 heavy (non-hydrogen) atoms. The molecule has 0 aliphatic rings. The van der Waals surface area contributed by atoms with E-state index in [2.05, 4.69) is 20.0 Å². The molecule has 0 saturated heterocycles. The van der Waals surface area contributed by atoms with E-state index in [4.69, 9.17) is 5.10 Å². The van der Waals surface area contributed by atoms with Crippen LogP contribution in [0.3, 0.4) is 0 Å². The third-order valence-corrected chi connectivity index (χ3v) is 7.51. The topological polar surface area (TPSA) is 119 Å². The van der Waals surface area contributed by atoms with Gasteiger partial charge in [-0.25, -0.2) is 23.1 Å². The van der Waals surface area contributed by atoms with Gasteiger partial charge < -0.3 is 5.32 Å². The summed E-state index contributed by atoms with van der Waals surface area (Å²) < 4.78 is 29.9. The monoisotopic (exact) mass is 564 g/mol. The van der Waals surface area contributed by atoms with Crippen LogP contribution < -0.4 is 10.0 Å². The van der Waals surface area contributed by atoms with Gasteiger partial charge in [-0.15, -0.1) is 0 Å². The highest BCUT2D eigenvalue weighted by Gasteiger charge is 2.16. The first-order valence-corrected chi connectivity index (χ1v) is 14.3. The molecule has 2 heterocycles. The van der Waals surface area contributed by atoms with Gasteiger partial charge in [0.25, 0.3) is 10.0 Å². The van der Waals surface area contributed by atoms with Gasteiger partial charge in [0, 0.05) is 40.8 Å². The molecule has 5 aromatic rings. The van der Waals surface area contributed by atoms with Gasteiger partial charge in [0.15, 0.2) is 0 Å². The van der Waals surface area contributed by atoms with Crippen LogP contribution >= 0.6 is 0 Å². The summed E-state index contributed by atoms with van der Waals surface area (Å²) in [5.41, 5.74) is 5.60. The van der Waals surface area contributed by atoms with Gasteiger partial charge in [0.1, 0.15) is 11.6 Å². The molecule has 0 bridgehead atoms. The van der Waals surface area contributed by atoms with Crippen molar-refractivity contribution in [2.75, 3.05) is 10.0 Å². The maximum atomic E-state index is 12.8. The van der Waals surface area contributed by atoms with Crippen molar-refractivity contribution in [1.82, 2.24) is 19.7 Å². The van der Waals surface area contributed by atoms with E-state index >= 15 is 0 Å². The van der Waals surface area contributed by atoms with Crippen molar-refractivity contribution < 1.29 is 13.2 Å². The van der Waals surface area contributed by atoms with Crippen molar-refractivity contribution in [3.8, 4) is 16.9 Å². The smallest absolute Gasteiger partial charge is 0.263 e. The van der Waals surface area contributed by atoms with Crippen LogP contribution in [0.25, 0.3) is 23.0 Å². The van der Waals surface area contributed by atoms with Gasteiger partial charge in [-0.3, -0.25) is 9.52 Å². The van der Waals surface area contributed by atoms with Crippen molar-refractivity contribution in [1.29, 1.82) is 0 Å². The maximum Gasteiger partial charge on any atom is 0.263 e. The average molecular weight is 565 g/mol. The molecule has 2 aromatic heterocycles. The SMILES string of the molecule is Cc1ccc(-c2nn(-c3ccccc3)cc2/C=C/C(=O)Nc2ccc(S(=O)(=O)Nc3cc(C)nc(C)n3)cc2)cc1. The van der Waals surface area contributed by atoms with E-state index in [9.17, 15) is 13.2 Å². The van der Waals surface area contributed by atoms with E-state index < -0.39 is 10.0 Å². The van der Waals surface area contributed by atoms with Crippen LogP contribution in [0.15, 0.2) is 102 Å². The number of hydrogen-bond donors (Lipinski definition) is 2.